The fourth-order valence-corrected chi connectivity index (χ4v) is 7.52. The lowest BCUT2D eigenvalue weighted by atomic mass is 9.82. The van der Waals surface area contributed by atoms with Crippen molar-refractivity contribution in [2.45, 2.75) is 33.3 Å². The standard InChI is InChI=1S/C42H36Cl4N2O4/c1-21-7-17-29(39(47)23(21)3)31(25-9-13-27(50-5)14-10-25)19-42(34-33(41(49)52-42)35(43)37(45)38(46)36(34)44)20-32(26-11-15-28(51-6)16-12-26)30-18-8-22(2)24(4)40(30)48/h7-20H,47-48H2,1-6H3. The van der Waals surface area contributed by atoms with Crippen molar-refractivity contribution < 1.29 is 19.0 Å². The number of nitrogens with two attached hydrogens (primary N) is 2. The molecule has 5 aromatic carbocycles. The van der Waals surface area contributed by atoms with Crippen molar-refractivity contribution in [3.8, 4) is 11.5 Å². The summed E-state index contributed by atoms with van der Waals surface area (Å²) in [5.41, 5.74) is 21.4. The van der Waals surface area contributed by atoms with Crippen molar-refractivity contribution in [3.05, 3.63) is 161 Å². The number of carbonyl (C=O) groups excluding carboxylic acids is 1. The Morgan fingerprint density at radius 1 is 0.615 bits per heavy atom. The average Bonchev–Trinajstić information content (AvgIpc) is 3.44. The van der Waals surface area contributed by atoms with Gasteiger partial charge in [-0.15, -0.1) is 0 Å². The number of fused-ring (bicyclic) bond motifs is 1. The molecule has 0 fully saturated rings. The van der Waals surface area contributed by atoms with Crippen LogP contribution in [-0.4, -0.2) is 20.2 Å². The number of cyclic esters (lactones) is 1. The Hall–Kier alpha value is -4.59. The number of halogens is 4. The minimum atomic E-state index is -1.73. The molecule has 0 amide bonds. The van der Waals surface area contributed by atoms with Gasteiger partial charge in [0.05, 0.1) is 39.9 Å². The number of anilines is 2. The van der Waals surface area contributed by atoms with Crippen molar-refractivity contribution in [2.24, 2.45) is 0 Å². The van der Waals surface area contributed by atoms with E-state index in [4.69, 9.17) is 72.1 Å². The molecule has 1 aliphatic heterocycles. The quantitative estimate of drug-likeness (QED) is 0.0705. The molecule has 0 saturated carbocycles. The molecular weight excluding hydrogens is 738 g/mol. The van der Waals surface area contributed by atoms with E-state index in [0.717, 1.165) is 33.4 Å². The zero-order valence-electron chi connectivity index (χ0n) is 29.4. The van der Waals surface area contributed by atoms with Gasteiger partial charge in [0, 0.05) is 28.1 Å². The van der Waals surface area contributed by atoms with Crippen LogP contribution in [0.5, 0.6) is 11.5 Å². The van der Waals surface area contributed by atoms with Crippen LogP contribution < -0.4 is 20.9 Å². The minimum absolute atomic E-state index is 0.00199. The van der Waals surface area contributed by atoms with Gasteiger partial charge in [-0.2, -0.15) is 0 Å². The van der Waals surface area contributed by atoms with Crippen molar-refractivity contribution in [3.63, 3.8) is 0 Å². The zero-order chi connectivity index (χ0) is 37.6. The molecule has 1 heterocycles. The first-order chi connectivity index (χ1) is 24.7. The van der Waals surface area contributed by atoms with E-state index in [2.05, 4.69) is 0 Å². The van der Waals surface area contributed by atoms with Gasteiger partial charge in [-0.05, 0) is 109 Å². The van der Waals surface area contributed by atoms with E-state index < -0.39 is 11.6 Å². The Morgan fingerprint density at radius 2 is 1.02 bits per heavy atom. The van der Waals surface area contributed by atoms with E-state index in [1.165, 1.54) is 0 Å². The van der Waals surface area contributed by atoms with E-state index in [-0.39, 0.29) is 31.2 Å². The molecule has 0 saturated heterocycles. The summed E-state index contributed by atoms with van der Waals surface area (Å²) in [4.78, 5) is 14.1. The van der Waals surface area contributed by atoms with Crippen LogP contribution in [0.1, 0.15) is 60.4 Å². The summed E-state index contributed by atoms with van der Waals surface area (Å²) in [7, 11) is 3.20. The summed E-state index contributed by atoms with van der Waals surface area (Å²) >= 11 is 27.2. The second-order valence-electron chi connectivity index (χ2n) is 12.7. The molecule has 6 rings (SSSR count). The van der Waals surface area contributed by atoms with Gasteiger partial charge in [-0.25, -0.2) is 4.79 Å². The third-order valence-electron chi connectivity index (χ3n) is 9.79. The van der Waals surface area contributed by atoms with Crippen LogP contribution in [0.3, 0.4) is 0 Å². The average molecular weight is 775 g/mol. The smallest absolute Gasteiger partial charge is 0.341 e. The first-order valence-corrected chi connectivity index (χ1v) is 17.8. The third kappa shape index (κ3) is 6.39. The highest BCUT2D eigenvalue weighted by molar-refractivity contribution is 6.53. The summed E-state index contributed by atoms with van der Waals surface area (Å²) < 4.78 is 17.5. The fraction of sp³-hybridized carbons (Fsp3) is 0.167. The monoisotopic (exact) mass is 772 g/mol. The number of aryl methyl sites for hydroxylation is 2. The van der Waals surface area contributed by atoms with Gasteiger partial charge in [-0.1, -0.05) is 94.9 Å². The number of hydrogen-bond donors (Lipinski definition) is 2. The van der Waals surface area contributed by atoms with E-state index in [1.807, 2.05) is 113 Å². The lowest BCUT2D eigenvalue weighted by Gasteiger charge is -2.28. The molecule has 0 unspecified atom stereocenters. The largest absolute Gasteiger partial charge is 0.497 e. The van der Waals surface area contributed by atoms with Crippen LogP contribution in [0.25, 0.3) is 11.1 Å². The molecule has 5 aromatic rings. The summed E-state index contributed by atoms with van der Waals surface area (Å²) in [6, 6.07) is 22.9. The minimum Gasteiger partial charge on any atom is -0.497 e. The Balaban J connectivity index is 1.81. The van der Waals surface area contributed by atoms with Gasteiger partial charge in [0.15, 0.2) is 5.60 Å². The van der Waals surface area contributed by atoms with Crippen molar-refractivity contribution in [1.82, 2.24) is 0 Å². The summed E-state index contributed by atoms with van der Waals surface area (Å²) in [6.07, 6.45) is 3.65. The topological polar surface area (TPSA) is 96.8 Å². The highest BCUT2D eigenvalue weighted by Gasteiger charge is 2.48. The van der Waals surface area contributed by atoms with Gasteiger partial charge < -0.3 is 25.7 Å². The Kier molecular flexibility index (Phi) is 10.3. The van der Waals surface area contributed by atoms with Crippen LogP contribution in [0, 0.1) is 27.7 Å². The number of benzene rings is 5. The summed E-state index contributed by atoms with van der Waals surface area (Å²) in [5.74, 6) is 0.579. The summed E-state index contributed by atoms with van der Waals surface area (Å²) in [5, 5.41) is -0.151. The van der Waals surface area contributed by atoms with Crippen LogP contribution in [0.2, 0.25) is 20.1 Å². The number of hydrogen-bond acceptors (Lipinski definition) is 6. The van der Waals surface area contributed by atoms with Gasteiger partial charge in [-0.3, -0.25) is 0 Å². The van der Waals surface area contributed by atoms with Crippen molar-refractivity contribution in [2.75, 3.05) is 25.7 Å². The van der Waals surface area contributed by atoms with Gasteiger partial charge in [0.1, 0.15) is 11.5 Å². The van der Waals surface area contributed by atoms with Crippen LogP contribution >= 0.6 is 46.4 Å². The maximum atomic E-state index is 14.1. The molecule has 266 valence electrons. The number of ether oxygens (including phenoxy) is 3. The fourth-order valence-electron chi connectivity index (χ4n) is 6.44. The summed E-state index contributed by atoms with van der Waals surface area (Å²) in [6.45, 7) is 7.91. The van der Waals surface area contributed by atoms with Gasteiger partial charge in [0.25, 0.3) is 0 Å². The van der Waals surface area contributed by atoms with Crippen LogP contribution in [0.15, 0.2) is 84.9 Å². The Bertz CT molecular complexity index is 2190. The number of nitrogen functional groups attached to an aromatic ring is 2. The SMILES string of the molecule is COc1ccc(C(=CC2(C=C(c3ccc(OC)cc3)c3ccc(C)c(C)c3N)OC(=O)c3c(Cl)c(Cl)c(Cl)c(Cl)c32)c2ccc(C)c(C)c2N)cc1. The van der Waals surface area contributed by atoms with Gasteiger partial charge in [0.2, 0.25) is 0 Å². The molecular formula is C42H36Cl4N2O4. The van der Waals surface area contributed by atoms with Gasteiger partial charge >= 0.3 is 5.97 Å². The molecule has 6 nitrogen and oxygen atoms in total. The molecule has 0 bridgehead atoms. The second kappa shape index (κ2) is 14.4. The predicted octanol–water partition coefficient (Wildman–Crippen LogP) is 11.3. The first kappa shape index (κ1) is 37.2. The lowest BCUT2D eigenvalue weighted by Crippen LogP contribution is -2.23. The molecule has 0 aliphatic carbocycles. The Labute approximate surface area is 323 Å². The molecule has 0 radical (unpaired) electrons. The third-order valence-corrected chi connectivity index (χ3v) is 11.6. The van der Waals surface area contributed by atoms with Crippen LogP contribution in [-0.2, 0) is 10.3 Å². The lowest BCUT2D eigenvalue weighted by molar-refractivity contribution is 0.0300. The highest BCUT2D eigenvalue weighted by atomic mass is 35.5. The molecule has 0 atom stereocenters. The van der Waals surface area contributed by atoms with E-state index in [0.29, 0.717) is 45.1 Å². The number of esters is 1. The number of carbonyl (C=O) groups is 1. The Morgan fingerprint density at radius 3 is 1.42 bits per heavy atom. The predicted molar refractivity (Wildman–Crippen MR) is 214 cm³/mol. The maximum Gasteiger partial charge on any atom is 0.341 e. The molecule has 10 heteroatoms. The van der Waals surface area contributed by atoms with Crippen LogP contribution in [0.4, 0.5) is 11.4 Å². The zero-order valence-corrected chi connectivity index (χ0v) is 32.4. The normalized spacial score (nSPS) is 15.8. The molecule has 4 N–H and O–H groups in total. The first-order valence-electron chi connectivity index (χ1n) is 16.3. The maximum absolute atomic E-state index is 14.1. The molecule has 1 aliphatic rings. The van der Waals surface area contributed by atoms with E-state index in [9.17, 15) is 4.79 Å². The second-order valence-corrected chi connectivity index (χ2v) is 14.2. The molecule has 52 heavy (non-hydrogen) atoms. The van der Waals surface area contributed by atoms with E-state index in [1.54, 1.807) is 14.2 Å². The van der Waals surface area contributed by atoms with Crippen molar-refractivity contribution >= 4 is 74.9 Å². The molecule has 0 aromatic heterocycles. The number of rotatable bonds is 8. The number of methoxy groups -OCH3 is 2. The highest BCUT2D eigenvalue weighted by Crippen LogP contribution is 2.54. The van der Waals surface area contributed by atoms with Crippen molar-refractivity contribution in [1.29, 1.82) is 0 Å². The van der Waals surface area contributed by atoms with E-state index >= 15 is 0 Å². The molecule has 0 spiro atoms.